The highest BCUT2D eigenvalue weighted by Gasteiger charge is 2.27. The molecule has 3 heterocycles. The quantitative estimate of drug-likeness (QED) is 0.525. The molecule has 29 heavy (non-hydrogen) atoms. The molecule has 1 aliphatic heterocycles. The Bertz CT molecular complexity index is 1160. The third-order valence-electron chi connectivity index (χ3n) is 5.87. The van der Waals surface area contributed by atoms with Crippen LogP contribution in [0.4, 0.5) is 0 Å². The van der Waals surface area contributed by atoms with E-state index in [1.807, 2.05) is 41.3 Å². The van der Waals surface area contributed by atoms with Gasteiger partial charge in [-0.05, 0) is 43.3 Å². The van der Waals surface area contributed by atoms with Crippen molar-refractivity contribution in [3.8, 4) is 5.69 Å². The Morgan fingerprint density at radius 2 is 1.79 bits per heavy atom. The molecule has 0 aliphatic carbocycles. The van der Waals surface area contributed by atoms with Crippen molar-refractivity contribution in [1.82, 2.24) is 19.0 Å². The van der Waals surface area contributed by atoms with Crippen molar-refractivity contribution >= 4 is 16.9 Å². The number of nitrogens with zero attached hydrogens (tertiary/aromatic N) is 4. The Balaban J connectivity index is 1.41. The van der Waals surface area contributed by atoms with Crippen molar-refractivity contribution in [3.05, 3.63) is 84.4 Å². The van der Waals surface area contributed by atoms with E-state index in [2.05, 4.69) is 52.6 Å². The topological polar surface area (TPSA) is 43.1 Å². The molecule has 1 unspecified atom stereocenters. The average Bonchev–Trinajstić information content (AvgIpc) is 3.38. The van der Waals surface area contributed by atoms with Crippen LogP contribution in [-0.2, 0) is 17.8 Å². The fraction of sp³-hybridized carbons (Fsp3) is 0.250. The minimum atomic E-state index is 0.110. The predicted octanol–water partition coefficient (Wildman–Crippen LogP) is 4.36. The van der Waals surface area contributed by atoms with Gasteiger partial charge >= 0.3 is 0 Å². The summed E-state index contributed by atoms with van der Waals surface area (Å²) in [5, 5.41) is 0. The van der Waals surface area contributed by atoms with Crippen LogP contribution in [0, 0.1) is 0 Å². The number of fused-ring (bicyclic) bond motifs is 2. The zero-order valence-corrected chi connectivity index (χ0v) is 16.5. The molecule has 0 saturated heterocycles. The second kappa shape index (κ2) is 7.24. The van der Waals surface area contributed by atoms with Crippen LogP contribution in [0.3, 0.4) is 0 Å². The molecule has 5 heteroatoms. The van der Waals surface area contributed by atoms with Crippen molar-refractivity contribution in [2.24, 2.45) is 0 Å². The van der Waals surface area contributed by atoms with Gasteiger partial charge in [-0.15, -0.1) is 0 Å². The van der Waals surface area contributed by atoms with E-state index in [9.17, 15) is 4.79 Å². The summed E-state index contributed by atoms with van der Waals surface area (Å²) in [5.41, 5.74) is 4.32. The van der Waals surface area contributed by atoms with Crippen LogP contribution in [0.2, 0.25) is 0 Å². The van der Waals surface area contributed by atoms with Crippen LogP contribution in [0.15, 0.2) is 72.9 Å². The summed E-state index contributed by atoms with van der Waals surface area (Å²) in [7, 11) is 0. The molecule has 1 atom stereocenters. The summed E-state index contributed by atoms with van der Waals surface area (Å²) in [4.78, 5) is 19.9. The second-order valence-electron chi connectivity index (χ2n) is 7.58. The van der Waals surface area contributed by atoms with Gasteiger partial charge < -0.3 is 9.47 Å². The maximum atomic E-state index is 13.1. The van der Waals surface area contributed by atoms with Crippen molar-refractivity contribution < 1.29 is 4.79 Å². The number of para-hydroxylation sites is 3. The minimum absolute atomic E-state index is 0.110. The van der Waals surface area contributed by atoms with Crippen molar-refractivity contribution in [2.75, 3.05) is 6.54 Å². The largest absolute Gasteiger partial charge is 0.348 e. The lowest BCUT2D eigenvalue weighted by Gasteiger charge is -2.35. The van der Waals surface area contributed by atoms with Crippen molar-refractivity contribution in [3.63, 3.8) is 0 Å². The van der Waals surface area contributed by atoms with Gasteiger partial charge in [0.15, 0.2) is 0 Å². The van der Waals surface area contributed by atoms with Crippen LogP contribution >= 0.6 is 0 Å². The molecule has 0 spiro atoms. The van der Waals surface area contributed by atoms with E-state index in [-0.39, 0.29) is 11.9 Å². The lowest BCUT2D eigenvalue weighted by Crippen LogP contribution is -2.40. The van der Waals surface area contributed by atoms with Gasteiger partial charge in [0, 0.05) is 43.5 Å². The summed E-state index contributed by atoms with van der Waals surface area (Å²) >= 11 is 0. The summed E-state index contributed by atoms with van der Waals surface area (Å²) in [6.07, 6.45) is 3.17. The third-order valence-corrected chi connectivity index (χ3v) is 5.87. The summed E-state index contributed by atoms with van der Waals surface area (Å²) < 4.78 is 4.41. The monoisotopic (exact) mass is 384 g/mol. The Morgan fingerprint density at radius 1 is 1.00 bits per heavy atom. The molecule has 2 aromatic heterocycles. The van der Waals surface area contributed by atoms with Crippen LogP contribution in [0.25, 0.3) is 16.7 Å². The highest BCUT2D eigenvalue weighted by molar-refractivity contribution is 5.79. The van der Waals surface area contributed by atoms with E-state index in [0.29, 0.717) is 12.8 Å². The average molecular weight is 384 g/mol. The van der Waals surface area contributed by atoms with Gasteiger partial charge in [-0.25, -0.2) is 4.98 Å². The first kappa shape index (κ1) is 17.7. The van der Waals surface area contributed by atoms with Crippen LogP contribution in [0.5, 0.6) is 0 Å². The number of carbonyl (C=O) groups excluding carboxylic acids is 1. The molecule has 0 radical (unpaired) electrons. The van der Waals surface area contributed by atoms with Crippen LogP contribution in [0.1, 0.15) is 30.9 Å². The predicted molar refractivity (Wildman–Crippen MR) is 114 cm³/mol. The fourth-order valence-corrected chi connectivity index (χ4v) is 4.39. The molecule has 2 aromatic carbocycles. The fourth-order valence-electron chi connectivity index (χ4n) is 4.39. The smallest absolute Gasteiger partial charge is 0.223 e. The molecule has 5 nitrogen and oxygen atoms in total. The number of hydrogen-bond acceptors (Lipinski definition) is 2. The molecule has 146 valence electrons. The van der Waals surface area contributed by atoms with E-state index in [4.69, 9.17) is 4.98 Å². The number of amides is 1. The van der Waals surface area contributed by atoms with Crippen molar-refractivity contribution in [1.29, 1.82) is 0 Å². The maximum absolute atomic E-state index is 13.1. The van der Waals surface area contributed by atoms with Crippen LogP contribution < -0.4 is 0 Å². The van der Waals surface area contributed by atoms with Gasteiger partial charge in [0.25, 0.3) is 0 Å². The van der Waals surface area contributed by atoms with Gasteiger partial charge in [-0.2, -0.15) is 0 Å². The Kier molecular flexibility index (Phi) is 4.43. The first-order chi connectivity index (χ1) is 14.2. The first-order valence-electron chi connectivity index (χ1n) is 10.2. The third kappa shape index (κ3) is 3.12. The molecular formula is C24H24N4O. The molecule has 1 amide bonds. The molecular weight excluding hydrogens is 360 g/mol. The number of hydrogen-bond donors (Lipinski definition) is 0. The summed E-state index contributed by atoms with van der Waals surface area (Å²) in [6, 6.07) is 22.7. The normalized spacial score (nSPS) is 16.2. The Morgan fingerprint density at radius 3 is 2.66 bits per heavy atom. The Labute approximate surface area is 170 Å². The molecule has 1 aliphatic rings. The molecule has 4 aromatic rings. The van der Waals surface area contributed by atoms with Crippen LogP contribution in [-0.4, -0.2) is 31.5 Å². The van der Waals surface area contributed by atoms with Crippen molar-refractivity contribution in [2.45, 2.75) is 32.4 Å². The summed E-state index contributed by atoms with van der Waals surface area (Å²) in [6.45, 7) is 3.74. The minimum Gasteiger partial charge on any atom is -0.348 e. The number of benzene rings is 2. The molecule has 5 rings (SSSR count). The number of imidazole rings is 1. The van der Waals surface area contributed by atoms with Gasteiger partial charge in [0.05, 0.1) is 17.1 Å². The molecule has 0 fully saturated rings. The first-order valence-corrected chi connectivity index (χ1v) is 10.2. The van der Waals surface area contributed by atoms with E-state index in [0.717, 1.165) is 35.6 Å². The molecule has 0 bridgehead atoms. The van der Waals surface area contributed by atoms with Gasteiger partial charge in [0.1, 0.15) is 5.82 Å². The number of aromatic nitrogens is 3. The second-order valence-corrected chi connectivity index (χ2v) is 7.58. The van der Waals surface area contributed by atoms with Gasteiger partial charge in [-0.3, -0.25) is 9.36 Å². The SMILES string of the molecule is CC1c2cccn2CCN1C(=O)CCc1nc2ccccc2n1-c1ccccc1. The highest BCUT2D eigenvalue weighted by Crippen LogP contribution is 2.27. The summed E-state index contributed by atoms with van der Waals surface area (Å²) in [5.74, 6) is 1.12. The Hall–Kier alpha value is -3.34. The lowest BCUT2D eigenvalue weighted by atomic mass is 10.1. The van der Waals surface area contributed by atoms with E-state index in [1.165, 1.54) is 5.69 Å². The standard InChI is InChI=1S/C24H24N4O/c1-18-21-12-7-15-26(21)16-17-27(18)24(29)14-13-23-25-20-10-5-6-11-22(20)28(23)19-8-3-2-4-9-19/h2-12,15,18H,13-14,16-17H2,1H3. The number of rotatable bonds is 4. The van der Waals surface area contributed by atoms with Gasteiger partial charge in [-0.1, -0.05) is 30.3 Å². The zero-order valence-electron chi connectivity index (χ0n) is 16.5. The zero-order chi connectivity index (χ0) is 19.8. The van der Waals surface area contributed by atoms with E-state index in [1.54, 1.807) is 0 Å². The van der Waals surface area contributed by atoms with Gasteiger partial charge in [0.2, 0.25) is 5.91 Å². The lowest BCUT2D eigenvalue weighted by molar-refractivity contribution is -0.134. The number of carbonyl (C=O) groups is 1. The molecule has 0 N–H and O–H groups in total. The maximum Gasteiger partial charge on any atom is 0.223 e. The van der Waals surface area contributed by atoms with E-state index >= 15 is 0 Å². The van der Waals surface area contributed by atoms with E-state index < -0.39 is 0 Å². The highest BCUT2D eigenvalue weighted by atomic mass is 16.2. The number of aryl methyl sites for hydroxylation is 1. The molecule has 0 saturated carbocycles.